The number of carbonyl (C=O) groups excluding carboxylic acids is 2. The Balaban J connectivity index is 2.10. The van der Waals surface area contributed by atoms with E-state index in [1.54, 1.807) is 0 Å². The summed E-state index contributed by atoms with van der Waals surface area (Å²) < 4.78 is 0. The summed E-state index contributed by atoms with van der Waals surface area (Å²) in [6, 6.07) is 7.75. The molecule has 4 nitrogen and oxygen atoms in total. The Bertz CT molecular complexity index is 652. The van der Waals surface area contributed by atoms with Gasteiger partial charge < -0.3 is 4.90 Å². The van der Waals surface area contributed by atoms with Crippen LogP contribution in [0, 0.1) is 6.92 Å². The fourth-order valence-corrected chi connectivity index (χ4v) is 3.40. The van der Waals surface area contributed by atoms with Gasteiger partial charge in [0.2, 0.25) is 0 Å². The molecule has 0 aliphatic carbocycles. The van der Waals surface area contributed by atoms with E-state index in [0.717, 1.165) is 37.1 Å². The molecular weight excluding hydrogens is 288 g/mol. The standard InChI is InChI=1S/C19H24N2O2/c1-13(2)21-18(22)16(15-9-7-14(3)8-10-15)17(19(21)23)20-11-5-4-6-12-20/h7-10,13H,4-6,11-12H2,1-3H3. The number of likely N-dealkylation sites (tertiary alicyclic amines) is 1. The second-order valence-electron chi connectivity index (χ2n) is 6.71. The van der Waals surface area contributed by atoms with Gasteiger partial charge in [-0.05, 0) is 45.6 Å². The average molecular weight is 312 g/mol. The summed E-state index contributed by atoms with van der Waals surface area (Å²) in [5, 5.41) is 0. The van der Waals surface area contributed by atoms with E-state index in [9.17, 15) is 9.59 Å². The highest BCUT2D eigenvalue weighted by molar-refractivity contribution is 6.35. The molecule has 1 aromatic rings. The Kier molecular flexibility index (Phi) is 4.24. The van der Waals surface area contributed by atoms with Crippen molar-refractivity contribution in [3.63, 3.8) is 0 Å². The van der Waals surface area contributed by atoms with Gasteiger partial charge in [-0.15, -0.1) is 0 Å². The largest absolute Gasteiger partial charge is 0.366 e. The van der Waals surface area contributed by atoms with Crippen LogP contribution in [0.15, 0.2) is 30.0 Å². The summed E-state index contributed by atoms with van der Waals surface area (Å²) in [7, 11) is 0. The fourth-order valence-electron chi connectivity index (χ4n) is 3.40. The van der Waals surface area contributed by atoms with E-state index < -0.39 is 0 Å². The highest BCUT2D eigenvalue weighted by atomic mass is 16.2. The predicted octanol–water partition coefficient (Wildman–Crippen LogP) is 2.97. The molecule has 1 saturated heterocycles. The van der Waals surface area contributed by atoms with Gasteiger partial charge in [0.15, 0.2) is 0 Å². The molecule has 0 aromatic heterocycles. The number of nitrogens with zero attached hydrogens (tertiary/aromatic N) is 2. The number of aryl methyl sites for hydroxylation is 1. The lowest BCUT2D eigenvalue weighted by Gasteiger charge is -2.30. The number of rotatable bonds is 3. The van der Waals surface area contributed by atoms with Crippen LogP contribution in [0.4, 0.5) is 0 Å². The zero-order valence-electron chi connectivity index (χ0n) is 14.1. The van der Waals surface area contributed by atoms with Crippen molar-refractivity contribution in [3.05, 3.63) is 41.1 Å². The zero-order valence-corrected chi connectivity index (χ0v) is 14.1. The number of carbonyl (C=O) groups is 2. The maximum absolute atomic E-state index is 12.9. The van der Waals surface area contributed by atoms with E-state index in [-0.39, 0.29) is 17.9 Å². The molecule has 1 fully saturated rings. The Hall–Kier alpha value is -2.10. The number of imide groups is 1. The van der Waals surface area contributed by atoms with Gasteiger partial charge in [0.05, 0.1) is 5.57 Å². The predicted molar refractivity (Wildman–Crippen MR) is 90.5 cm³/mol. The Morgan fingerprint density at radius 2 is 1.52 bits per heavy atom. The Morgan fingerprint density at radius 3 is 2.09 bits per heavy atom. The number of amides is 2. The summed E-state index contributed by atoms with van der Waals surface area (Å²) in [5.74, 6) is -0.295. The van der Waals surface area contributed by atoms with Gasteiger partial charge in [-0.1, -0.05) is 29.8 Å². The number of piperidine rings is 1. The highest BCUT2D eigenvalue weighted by Gasteiger charge is 2.42. The molecule has 2 aliphatic heterocycles. The topological polar surface area (TPSA) is 40.6 Å². The number of hydrogen-bond donors (Lipinski definition) is 0. The molecule has 0 unspecified atom stereocenters. The first-order valence-electron chi connectivity index (χ1n) is 8.45. The summed E-state index contributed by atoms with van der Waals surface area (Å²) in [4.78, 5) is 29.3. The van der Waals surface area contributed by atoms with Crippen LogP contribution in [0.1, 0.15) is 44.2 Å². The van der Waals surface area contributed by atoms with Crippen LogP contribution in [0.25, 0.3) is 5.57 Å². The van der Waals surface area contributed by atoms with Crippen molar-refractivity contribution in [2.75, 3.05) is 13.1 Å². The maximum atomic E-state index is 12.9. The molecule has 1 aromatic carbocycles. The minimum Gasteiger partial charge on any atom is -0.366 e. The number of hydrogen-bond acceptors (Lipinski definition) is 3. The molecule has 2 amide bonds. The van der Waals surface area contributed by atoms with Crippen molar-refractivity contribution in [2.45, 2.75) is 46.1 Å². The van der Waals surface area contributed by atoms with E-state index >= 15 is 0 Å². The Morgan fingerprint density at radius 1 is 0.913 bits per heavy atom. The SMILES string of the molecule is Cc1ccc(C2=C(N3CCCCC3)C(=O)N(C(C)C)C2=O)cc1. The third-order valence-corrected chi connectivity index (χ3v) is 4.62. The molecule has 23 heavy (non-hydrogen) atoms. The van der Waals surface area contributed by atoms with Crippen LogP contribution in [0.3, 0.4) is 0 Å². The smallest absolute Gasteiger partial charge is 0.278 e. The van der Waals surface area contributed by atoms with Crippen LogP contribution >= 0.6 is 0 Å². The first-order valence-corrected chi connectivity index (χ1v) is 8.45. The molecule has 2 aliphatic rings. The first-order chi connectivity index (χ1) is 11.0. The first kappa shape index (κ1) is 15.8. The molecule has 122 valence electrons. The second-order valence-corrected chi connectivity index (χ2v) is 6.71. The van der Waals surface area contributed by atoms with E-state index in [2.05, 4.69) is 4.90 Å². The lowest BCUT2D eigenvalue weighted by molar-refractivity contribution is -0.139. The number of benzene rings is 1. The van der Waals surface area contributed by atoms with E-state index in [4.69, 9.17) is 0 Å². The summed E-state index contributed by atoms with van der Waals surface area (Å²) in [6.45, 7) is 7.51. The van der Waals surface area contributed by atoms with E-state index in [0.29, 0.717) is 11.3 Å². The van der Waals surface area contributed by atoms with Gasteiger partial charge in [0, 0.05) is 19.1 Å². The van der Waals surface area contributed by atoms with E-state index in [1.165, 1.54) is 11.3 Å². The Labute approximate surface area is 137 Å². The van der Waals surface area contributed by atoms with Crippen molar-refractivity contribution in [1.29, 1.82) is 0 Å². The van der Waals surface area contributed by atoms with Crippen LogP contribution in [0.2, 0.25) is 0 Å². The summed E-state index contributed by atoms with van der Waals surface area (Å²) in [6.07, 6.45) is 3.35. The van der Waals surface area contributed by atoms with Crippen LogP contribution in [0.5, 0.6) is 0 Å². The van der Waals surface area contributed by atoms with Gasteiger partial charge in [0.25, 0.3) is 11.8 Å². The van der Waals surface area contributed by atoms with Crippen molar-refractivity contribution < 1.29 is 9.59 Å². The molecule has 0 spiro atoms. The normalized spacial score (nSPS) is 19.3. The van der Waals surface area contributed by atoms with Crippen molar-refractivity contribution in [2.24, 2.45) is 0 Å². The molecule has 0 saturated carbocycles. The molecular formula is C19H24N2O2. The van der Waals surface area contributed by atoms with Gasteiger partial charge >= 0.3 is 0 Å². The monoisotopic (exact) mass is 312 g/mol. The molecule has 0 radical (unpaired) electrons. The summed E-state index contributed by atoms with van der Waals surface area (Å²) in [5.41, 5.74) is 3.17. The van der Waals surface area contributed by atoms with Crippen LogP contribution < -0.4 is 0 Å². The molecule has 0 atom stereocenters. The minimum absolute atomic E-state index is 0.127. The van der Waals surface area contributed by atoms with Gasteiger partial charge in [-0.3, -0.25) is 14.5 Å². The lowest BCUT2D eigenvalue weighted by atomic mass is 10.0. The van der Waals surface area contributed by atoms with E-state index in [1.807, 2.05) is 45.0 Å². The third kappa shape index (κ3) is 2.78. The maximum Gasteiger partial charge on any atom is 0.278 e. The van der Waals surface area contributed by atoms with Gasteiger partial charge in [-0.25, -0.2) is 0 Å². The fraction of sp³-hybridized carbons (Fsp3) is 0.474. The molecule has 4 heteroatoms. The average Bonchev–Trinajstić information content (AvgIpc) is 2.80. The highest BCUT2D eigenvalue weighted by Crippen LogP contribution is 2.34. The minimum atomic E-state index is -0.158. The van der Waals surface area contributed by atoms with Gasteiger partial charge in [-0.2, -0.15) is 0 Å². The molecule has 0 N–H and O–H groups in total. The molecule has 0 bridgehead atoms. The quantitative estimate of drug-likeness (QED) is 0.806. The van der Waals surface area contributed by atoms with Crippen LogP contribution in [-0.2, 0) is 9.59 Å². The van der Waals surface area contributed by atoms with Gasteiger partial charge in [0.1, 0.15) is 5.70 Å². The molecule has 3 rings (SSSR count). The lowest BCUT2D eigenvalue weighted by Crippen LogP contribution is -2.40. The van der Waals surface area contributed by atoms with Crippen molar-refractivity contribution in [3.8, 4) is 0 Å². The van der Waals surface area contributed by atoms with Crippen molar-refractivity contribution >= 4 is 17.4 Å². The molecule has 2 heterocycles. The zero-order chi connectivity index (χ0) is 16.6. The third-order valence-electron chi connectivity index (χ3n) is 4.62. The van der Waals surface area contributed by atoms with Crippen LogP contribution in [-0.4, -0.2) is 40.7 Å². The van der Waals surface area contributed by atoms with Crippen molar-refractivity contribution in [1.82, 2.24) is 9.80 Å². The second kappa shape index (κ2) is 6.19. The summed E-state index contributed by atoms with van der Waals surface area (Å²) >= 11 is 0.